The monoisotopic (exact) mass is 260 g/mol. The van der Waals surface area contributed by atoms with E-state index in [4.69, 9.17) is 4.74 Å². The maximum atomic E-state index is 5.95. The number of hydrogen-bond donors (Lipinski definition) is 1. The van der Waals surface area contributed by atoms with Gasteiger partial charge in [0.1, 0.15) is 0 Å². The molecule has 3 heteroatoms. The number of nitrogens with one attached hydrogen (secondary N) is 1. The number of hydrogen-bond acceptors (Lipinski definition) is 3. The van der Waals surface area contributed by atoms with Crippen molar-refractivity contribution in [3.8, 4) is 0 Å². The van der Waals surface area contributed by atoms with Gasteiger partial charge in [0.2, 0.25) is 0 Å². The summed E-state index contributed by atoms with van der Waals surface area (Å²) in [5.41, 5.74) is 2.89. The minimum atomic E-state index is 0.294. The number of anilines is 1. The van der Waals surface area contributed by atoms with Gasteiger partial charge < -0.3 is 15.0 Å². The predicted octanol–water partition coefficient (Wildman–Crippen LogP) is 2.20. The average molecular weight is 260 g/mol. The van der Waals surface area contributed by atoms with Crippen LogP contribution in [-0.4, -0.2) is 37.9 Å². The average Bonchev–Trinajstić information content (AvgIpc) is 2.47. The molecule has 0 radical (unpaired) electrons. The molecule has 0 aliphatic carbocycles. The van der Waals surface area contributed by atoms with Crippen LogP contribution in [0.2, 0.25) is 0 Å². The predicted molar refractivity (Wildman–Crippen MR) is 78.8 cm³/mol. The van der Waals surface area contributed by atoms with E-state index in [1.165, 1.54) is 24.1 Å². The van der Waals surface area contributed by atoms with Crippen molar-refractivity contribution in [2.75, 3.05) is 24.6 Å². The maximum absolute atomic E-state index is 5.95. The fourth-order valence-electron chi connectivity index (χ4n) is 3.41. The van der Waals surface area contributed by atoms with Gasteiger partial charge in [-0.3, -0.25) is 0 Å². The number of morpholine rings is 1. The molecule has 2 aliphatic rings. The van der Waals surface area contributed by atoms with Crippen LogP contribution in [0.4, 0.5) is 5.69 Å². The zero-order valence-corrected chi connectivity index (χ0v) is 11.9. The van der Waals surface area contributed by atoms with Gasteiger partial charge in [0.05, 0.1) is 18.8 Å². The lowest BCUT2D eigenvalue weighted by Gasteiger charge is -2.45. The first-order valence-electron chi connectivity index (χ1n) is 7.46. The second kappa shape index (κ2) is 5.51. The maximum Gasteiger partial charge on any atom is 0.0900 e. The van der Waals surface area contributed by atoms with Gasteiger partial charge in [-0.05, 0) is 38.3 Å². The number of aryl methyl sites for hydroxylation is 1. The SMILES string of the molecule is CC1CCc2ccccc2N1C(C)C1CNCCO1. The van der Waals surface area contributed by atoms with E-state index in [0.717, 1.165) is 19.7 Å². The summed E-state index contributed by atoms with van der Waals surface area (Å²) in [5.74, 6) is 0. The molecule has 0 saturated carbocycles. The Bertz CT molecular complexity index is 429. The first-order valence-corrected chi connectivity index (χ1v) is 7.46. The van der Waals surface area contributed by atoms with Crippen molar-refractivity contribution in [1.82, 2.24) is 5.32 Å². The highest BCUT2D eigenvalue weighted by Crippen LogP contribution is 2.33. The molecule has 104 valence electrons. The minimum Gasteiger partial charge on any atom is -0.373 e. The van der Waals surface area contributed by atoms with Crippen LogP contribution in [0.25, 0.3) is 0 Å². The van der Waals surface area contributed by atoms with Crippen molar-refractivity contribution in [1.29, 1.82) is 0 Å². The largest absolute Gasteiger partial charge is 0.373 e. The number of benzene rings is 1. The summed E-state index contributed by atoms with van der Waals surface area (Å²) in [6.07, 6.45) is 2.73. The molecule has 2 aliphatic heterocycles. The molecule has 1 saturated heterocycles. The van der Waals surface area contributed by atoms with Gasteiger partial charge in [0, 0.05) is 24.8 Å². The molecule has 1 aromatic carbocycles. The van der Waals surface area contributed by atoms with Crippen LogP contribution in [0.1, 0.15) is 25.8 Å². The summed E-state index contributed by atoms with van der Waals surface area (Å²) in [4.78, 5) is 2.57. The van der Waals surface area contributed by atoms with Crippen molar-refractivity contribution in [3.63, 3.8) is 0 Å². The number of rotatable bonds is 2. The summed E-state index contributed by atoms with van der Waals surface area (Å²) in [7, 11) is 0. The van der Waals surface area contributed by atoms with E-state index in [0.29, 0.717) is 18.2 Å². The van der Waals surface area contributed by atoms with E-state index >= 15 is 0 Å². The summed E-state index contributed by atoms with van der Waals surface area (Å²) in [5, 5.41) is 3.44. The zero-order valence-electron chi connectivity index (χ0n) is 11.9. The number of ether oxygens (including phenoxy) is 1. The molecule has 19 heavy (non-hydrogen) atoms. The Morgan fingerprint density at radius 3 is 3.00 bits per heavy atom. The molecule has 3 unspecified atom stereocenters. The molecule has 1 aromatic rings. The molecule has 0 amide bonds. The Morgan fingerprint density at radius 2 is 2.21 bits per heavy atom. The van der Waals surface area contributed by atoms with Crippen molar-refractivity contribution < 1.29 is 4.74 Å². The molecular formula is C16H24N2O. The standard InChI is InChI=1S/C16H24N2O/c1-12-7-8-14-5-3-4-6-15(14)18(12)13(2)16-11-17-9-10-19-16/h3-6,12-13,16-17H,7-11H2,1-2H3. The lowest BCUT2D eigenvalue weighted by atomic mass is 9.93. The first-order chi connectivity index (χ1) is 9.27. The molecule has 1 fully saturated rings. The summed E-state index contributed by atoms with van der Waals surface area (Å²) in [6, 6.07) is 9.84. The molecule has 0 bridgehead atoms. The summed E-state index contributed by atoms with van der Waals surface area (Å²) in [6.45, 7) is 7.42. The minimum absolute atomic E-state index is 0.294. The Kier molecular flexibility index (Phi) is 3.76. The molecule has 3 atom stereocenters. The highest BCUT2D eigenvalue weighted by molar-refractivity contribution is 5.57. The van der Waals surface area contributed by atoms with Crippen LogP contribution in [-0.2, 0) is 11.2 Å². The molecule has 1 N–H and O–H groups in total. The van der Waals surface area contributed by atoms with Gasteiger partial charge in [-0.1, -0.05) is 18.2 Å². The quantitative estimate of drug-likeness (QED) is 0.882. The van der Waals surface area contributed by atoms with Crippen molar-refractivity contribution in [2.24, 2.45) is 0 Å². The lowest BCUT2D eigenvalue weighted by molar-refractivity contribution is 0.0127. The van der Waals surface area contributed by atoms with Crippen LogP contribution in [0, 0.1) is 0 Å². The fourth-order valence-corrected chi connectivity index (χ4v) is 3.41. The van der Waals surface area contributed by atoms with E-state index in [1.54, 1.807) is 0 Å². The third-order valence-corrected chi connectivity index (χ3v) is 4.51. The molecule has 0 spiro atoms. The number of para-hydroxylation sites is 1. The van der Waals surface area contributed by atoms with Gasteiger partial charge in [0.15, 0.2) is 0 Å². The molecule has 3 nitrogen and oxygen atoms in total. The van der Waals surface area contributed by atoms with Crippen molar-refractivity contribution in [3.05, 3.63) is 29.8 Å². The van der Waals surface area contributed by atoms with Crippen LogP contribution in [0.15, 0.2) is 24.3 Å². The van der Waals surface area contributed by atoms with E-state index in [1.807, 2.05) is 0 Å². The van der Waals surface area contributed by atoms with Gasteiger partial charge in [-0.2, -0.15) is 0 Å². The van der Waals surface area contributed by atoms with E-state index in [2.05, 4.69) is 48.3 Å². The zero-order chi connectivity index (χ0) is 13.2. The van der Waals surface area contributed by atoms with Crippen LogP contribution < -0.4 is 10.2 Å². The Balaban J connectivity index is 1.85. The molecule has 0 aromatic heterocycles. The third kappa shape index (κ3) is 2.49. The van der Waals surface area contributed by atoms with Gasteiger partial charge >= 0.3 is 0 Å². The fraction of sp³-hybridized carbons (Fsp3) is 0.625. The van der Waals surface area contributed by atoms with Crippen molar-refractivity contribution >= 4 is 5.69 Å². The Labute approximate surface area is 115 Å². The van der Waals surface area contributed by atoms with Gasteiger partial charge in [0.25, 0.3) is 0 Å². The highest BCUT2D eigenvalue weighted by Gasteiger charge is 2.32. The lowest BCUT2D eigenvalue weighted by Crippen LogP contribution is -2.54. The van der Waals surface area contributed by atoms with Crippen LogP contribution in [0.3, 0.4) is 0 Å². The Morgan fingerprint density at radius 1 is 1.37 bits per heavy atom. The van der Waals surface area contributed by atoms with E-state index in [9.17, 15) is 0 Å². The second-order valence-corrected chi connectivity index (χ2v) is 5.78. The topological polar surface area (TPSA) is 24.5 Å². The highest BCUT2D eigenvalue weighted by atomic mass is 16.5. The molecule has 3 rings (SSSR count). The summed E-state index contributed by atoms with van der Waals surface area (Å²) >= 11 is 0. The van der Waals surface area contributed by atoms with E-state index in [-0.39, 0.29) is 0 Å². The second-order valence-electron chi connectivity index (χ2n) is 5.78. The first kappa shape index (κ1) is 12.9. The van der Waals surface area contributed by atoms with Gasteiger partial charge in [-0.15, -0.1) is 0 Å². The van der Waals surface area contributed by atoms with Crippen LogP contribution in [0.5, 0.6) is 0 Å². The van der Waals surface area contributed by atoms with Crippen LogP contribution >= 0.6 is 0 Å². The smallest absolute Gasteiger partial charge is 0.0900 e. The normalized spacial score (nSPS) is 28.8. The summed E-state index contributed by atoms with van der Waals surface area (Å²) < 4.78 is 5.95. The number of fused-ring (bicyclic) bond motifs is 1. The molecular weight excluding hydrogens is 236 g/mol. The molecule has 2 heterocycles. The number of nitrogens with zero attached hydrogens (tertiary/aromatic N) is 1. The van der Waals surface area contributed by atoms with E-state index < -0.39 is 0 Å². The Hall–Kier alpha value is -1.06. The third-order valence-electron chi connectivity index (χ3n) is 4.51. The van der Waals surface area contributed by atoms with Gasteiger partial charge in [-0.25, -0.2) is 0 Å². The van der Waals surface area contributed by atoms with Crippen molar-refractivity contribution in [2.45, 2.75) is 44.9 Å².